The minimum Gasteiger partial charge on any atom is -0.393 e. The number of alkyl halides is 3. The number of aliphatic hydroxyl groups excluding tert-OH is 1. The lowest BCUT2D eigenvalue weighted by molar-refractivity contribution is -0.137. The Morgan fingerprint density at radius 3 is 2.54 bits per heavy atom. The number of benzene rings is 1. The molecule has 202 valence electrons. The van der Waals surface area contributed by atoms with Crippen molar-refractivity contribution in [1.82, 2.24) is 20.1 Å². The van der Waals surface area contributed by atoms with Crippen LogP contribution in [0.15, 0.2) is 41.4 Å². The van der Waals surface area contributed by atoms with Gasteiger partial charge in [0.05, 0.1) is 23.7 Å². The zero-order valence-electron chi connectivity index (χ0n) is 20.6. The van der Waals surface area contributed by atoms with Gasteiger partial charge in [0.25, 0.3) is 5.91 Å². The molecule has 5 rings (SSSR count). The van der Waals surface area contributed by atoms with Crippen LogP contribution >= 0.6 is 11.3 Å². The van der Waals surface area contributed by atoms with Gasteiger partial charge in [-0.2, -0.15) is 13.2 Å². The minimum atomic E-state index is -4.53. The van der Waals surface area contributed by atoms with Crippen LogP contribution in [-0.2, 0) is 11.0 Å². The number of halogens is 3. The maximum Gasteiger partial charge on any atom is 0.416 e. The van der Waals surface area contributed by atoms with Gasteiger partial charge in [0, 0.05) is 48.2 Å². The molecule has 2 saturated heterocycles. The number of nitrogens with one attached hydrogen (secondary N) is 1. The van der Waals surface area contributed by atoms with Crippen molar-refractivity contribution in [3.05, 3.63) is 52.5 Å². The van der Waals surface area contributed by atoms with Gasteiger partial charge in [0.15, 0.2) is 0 Å². The molecule has 1 spiro atoms. The Morgan fingerprint density at radius 1 is 1.14 bits per heavy atom. The van der Waals surface area contributed by atoms with Crippen LogP contribution < -0.4 is 5.32 Å². The number of carbonyl (C=O) groups excluding carboxylic acids is 2. The van der Waals surface area contributed by atoms with Crippen LogP contribution in [0.2, 0.25) is 0 Å². The predicted octanol–water partition coefficient (Wildman–Crippen LogP) is 3.81. The summed E-state index contributed by atoms with van der Waals surface area (Å²) in [5.41, 5.74) is 0.863. The summed E-state index contributed by atoms with van der Waals surface area (Å²) in [6.07, 6.45) is 2.76. The first-order chi connectivity index (χ1) is 17.7. The minimum absolute atomic E-state index is 0.0801. The van der Waals surface area contributed by atoms with Crippen molar-refractivity contribution in [1.29, 1.82) is 0 Å². The van der Waals surface area contributed by atoms with E-state index in [-0.39, 0.29) is 29.5 Å². The van der Waals surface area contributed by atoms with E-state index in [1.807, 2.05) is 5.38 Å². The molecular formula is C26H33F3N4O3S. The molecule has 1 aromatic carbocycles. The highest BCUT2D eigenvalue weighted by molar-refractivity contribution is 7.07. The maximum atomic E-state index is 12.9. The summed E-state index contributed by atoms with van der Waals surface area (Å²) in [5.74, 6) is -0.897. The second kappa shape index (κ2) is 11.9. The van der Waals surface area contributed by atoms with Gasteiger partial charge >= 0.3 is 6.18 Å². The van der Waals surface area contributed by atoms with Gasteiger partial charge in [-0.1, -0.05) is 6.07 Å². The molecule has 2 amide bonds. The Labute approximate surface area is 218 Å². The van der Waals surface area contributed by atoms with Gasteiger partial charge in [0.2, 0.25) is 5.91 Å². The molecule has 1 aliphatic carbocycles. The highest BCUT2D eigenvalue weighted by Gasteiger charge is 2.46. The maximum absolute atomic E-state index is 12.9. The van der Waals surface area contributed by atoms with E-state index >= 15 is 0 Å². The fraction of sp³-hybridized carbons (Fsp3) is 0.577. The van der Waals surface area contributed by atoms with Crippen molar-refractivity contribution in [2.75, 3.05) is 32.7 Å². The number of aromatic nitrogens is 1. The fourth-order valence-corrected chi connectivity index (χ4v) is 5.92. The molecule has 0 bridgehead atoms. The predicted molar refractivity (Wildman–Crippen MR) is 134 cm³/mol. The van der Waals surface area contributed by atoms with E-state index in [2.05, 4.69) is 15.2 Å². The van der Waals surface area contributed by atoms with Crippen LogP contribution in [0.25, 0.3) is 0 Å². The summed E-state index contributed by atoms with van der Waals surface area (Å²) in [4.78, 5) is 32.9. The molecule has 3 heterocycles. The lowest BCUT2D eigenvalue weighted by atomic mass is 9.86. The van der Waals surface area contributed by atoms with Gasteiger partial charge in [-0.05, 0) is 63.3 Å². The quantitative estimate of drug-likeness (QED) is 0.619. The van der Waals surface area contributed by atoms with Gasteiger partial charge in [0.1, 0.15) is 0 Å². The van der Waals surface area contributed by atoms with Crippen LogP contribution in [0.3, 0.4) is 0 Å². The monoisotopic (exact) mass is 538 g/mol. The lowest BCUT2D eigenvalue weighted by Gasteiger charge is -2.34. The largest absolute Gasteiger partial charge is 0.416 e. The molecule has 3 aliphatic rings. The van der Waals surface area contributed by atoms with Crippen molar-refractivity contribution in [2.24, 2.45) is 5.41 Å². The van der Waals surface area contributed by atoms with Crippen molar-refractivity contribution in [2.45, 2.75) is 56.8 Å². The topological polar surface area (TPSA) is 85.8 Å². The first-order valence-corrected chi connectivity index (χ1v) is 13.6. The van der Waals surface area contributed by atoms with E-state index in [0.29, 0.717) is 19.1 Å². The SMILES string of the molecule is O=C(NCC(=O)N1CCC2(CCN(C3CCC(O)CC3)C2)C1)c1cccc(C(F)(F)F)c1.c1cscn1. The van der Waals surface area contributed by atoms with Crippen LogP contribution in [0.4, 0.5) is 13.2 Å². The zero-order chi connectivity index (χ0) is 26.5. The van der Waals surface area contributed by atoms with Crippen LogP contribution in [0.1, 0.15) is 54.4 Å². The third kappa shape index (κ3) is 7.30. The molecule has 2 aromatic rings. The second-order valence-corrected chi connectivity index (χ2v) is 10.9. The average Bonchev–Trinajstić information content (AvgIpc) is 3.67. The number of carbonyl (C=O) groups is 2. The van der Waals surface area contributed by atoms with Crippen molar-refractivity contribution < 1.29 is 27.9 Å². The second-order valence-electron chi connectivity index (χ2n) is 10.2. The first kappa shape index (κ1) is 27.5. The number of amides is 2. The third-order valence-corrected chi connectivity index (χ3v) is 8.16. The third-order valence-electron chi connectivity index (χ3n) is 7.64. The van der Waals surface area contributed by atoms with E-state index in [4.69, 9.17) is 0 Å². The van der Waals surface area contributed by atoms with Gasteiger partial charge in [-0.25, -0.2) is 0 Å². The number of likely N-dealkylation sites (tertiary alicyclic amines) is 2. The van der Waals surface area contributed by atoms with E-state index in [9.17, 15) is 27.9 Å². The molecule has 37 heavy (non-hydrogen) atoms. The molecule has 2 N–H and O–H groups in total. The van der Waals surface area contributed by atoms with Crippen LogP contribution in [0, 0.1) is 5.41 Å². The molecule has 7 nitrogen and oxygen atoms in total. The fourth-order valence-electron chi connectivity index (χ4n) is 5.57. The number of aliphatic hydroxyl groups is 1. The molecule has 3 fully saturated rings. The van der Waals surface area contributed by atoms with Crippen molar-refractivity contribution in [3.63, 3.8) is 0 Å². The number of hydrogen-bond donors (Lipinski definition) is 2. The Balaban J connectivity index is 0.000000572. The number of nitrogens with zero attached hydrogens (tertiary/aromatic N) is 3. The number of rotatable bonds is 4. The smallest absolute Gasteiger partial charge is 0.393 e. The van der Waals surface area contributed by atoms with Crippen molar-refractivity contribution in [3.8, 4) is 0 Å². The number of thiazole rings is 1. The molecule has 1 saturated carbocycles. The molecular weight excluding hydrogens is 505 g/mol. The van der Waals surface area contributed by atoms with Gasteiger partial charge < -0.3 is 15.3 Å². The van der Waals surface area contributed by atoms with Crippen LogP contribution in [0.5, 0.6) is 0 Å². The molecule has 1 atom stereocenters. The Hall–Kier alpha value is -2.50. The normalized spacial score (nSPS) is 26.1. The summed E-state index contributed by atoms with van der Waals surface area (Å²) >= 11 is 1.60. The highest BCUT2D eigenvalue weighted by atomic mass is 32.1. The van der Waals surface area contributed by atoms with E-state index < -0.39 is 17.6 Å². The van der Waals surface area contributed by atoms with Gasteiger partial charge in [-0.15, -0.1) is 11.3 Å². The standard InChI is InChI=1S/C23H30F3N3O3.C3H3NS/c24-23(25,26)17-3-1-2-16(12-17)21(32)27-13-20(31)29-11-9-22(15-29)8-10-28(14-22)18-4-6-19(30)7-5-18;1-2-5-3-4-1/h1-3,12,18-19,30H,4-11,13-15H2,(H,27,32);1-3H. The highest BCUT2D eigenvalue weighted by Crippen LogP contribution is 2.41. The number of hydrogen-bond acceptors (Lipinski definition) is 6. The average molecular weight is 539 g/mol. The Morgan fingerprint density at radius 2 is 1.89 bits per heavy atom. The Bertz CT molecular complexity index is 1030. The molecule has 1 aromatic heterocycles. The summed E-state index contributed by atoms with van der Waals surface area (Å²) < 4.78 is 38.6. The van der Waals surface area contributed by atoms with Crippen LogP contribution in [-0.4, -0.2) is 76.6 Å². The summed E-state index contributed by atoms with van der Waals surface area (Å²) in [7, 11) is 0. The summed E-state index contributed by atoms with van der Waals surface area (Å²) in [6.45, 7) is 3.02. The zero-order valence-corrected chi connectivity index (χ0v) is 21.4. The van der Waals surface area contributed by atoms with Crippen molar-refractivity contribution >= 4 is 23.2 Å². The molecule has 0 radical (unpaired) electrons. The molecule has 11 heteroatoms. The summed E-state index contributed by atoms with van der Waals surface area (Å²) in [6, 6.07) is 4.70. The lowest BCUT2D eigenvalue weighted by Crippen LogP contribution is -2.42. The van der Waals surface area contributed by atoms with Gasteiger partial charge in [-0.3, -0.25) is 19.5 Å². The molecule has 1 unspecified atom stereocenters. The van der Waals surface area contributed by atoms with E-state index in [0.717, 1.165) is 63.7 Å². The first-order valence-electron chi connectivity index (χ1n) is 12.6. The molecule has 2 aliphatic heterocycles. The summed E-state index contributed by atoms with van der Waals surface area (Å²) in [5, 5.41) is 14.1. The van der Waals surface area contributed by atoms with E-state index in [1.165, 1.54) is 12.1 Å². The Kier molecular flexibility index (Phi) is 8.86. The van der Waals surface area contributed by atoms with E-state index in [1.54, 1.807) is 27.9 Å².